The average molecular weight is 253 g/mol. The molecule has 0 radical (unpaired) electrons. The molecule has 1 aromatic rings. The molecule has 6 heteroatoms. The molecule has 0 saturated carbocycles. The molecule has 0 aliphatic rings. The van der Waals surface area contributed by atoms with Gasteiger partial charge in [0.2, 0.25) is 0 Å². The Morgan fingerprint density at radius 1 is 1.50 bits per heavy atom. The molecule has 2 atom stereocenters. The maximum Gasteiger partial charge on any atom is 0.326 e. The molecule has 0 unspecified atom stereocenters. The van der Waals surface area contributed by atoms with E-state index in [9.17, 15) is 9.59 Å². The number of hydrogen-bond donors (Lipinski definition) is 3. The largest absolute Gasteiger partial charge is 0.480 e. The highest BCUT2D eigenvalue weighted by molar-refractivity contribution is 5.95. The lowest BCUT2D eigenvalue weighted by Gasteiger charge is -2.19. The predicted molar refractivity (Wildman–Crippen MR) is 66.3 cm³/mol. The summed E-state index contributed by atoms with van der Waals surface area (Å²) in [5, 5.41) is 18.2. The lowest BCUT2D eigenvalue weighted by molar-refractivity contribution is -0.140. The number of hydrogen-bond acceptors (Lipinski definition) is 3. The zero-order valence-corrected chi connectivity index (χ0v) is 10.9. The summed E-state index contributed by atoms with van der Waals surface area (Å²) in [7, 11) is 0. The van der Waals surface area contributed by atoms with E-state index < -0.39 is 17.9 Å². The van der Waals surface area contributed by atoms with E-state index in [0.717, 1.165) is 12.1 Å². The highest BCUT2D eigenvalue weighted by Crippen LogP contribution is 2.09. The number of nitrogens with one attached hydrogen (secondary N) is 2. The molecule has 100 valence electrons. The van der Waals surface area contributed by atoms with Crippen molar-refractivity contribution in [2.75, 3.05) is 0 Å². The number of aliphatic carboxylic acids is 1. The molecule has 0 aliphatic heterocycles. The monoisotopic (exact) mass is 253 g/mol. The molecule has 0 aliphatic carbocycles. The van der Waals surface area contributed by atoms with Gasteiger partial charge in [-0.3, -0.25) is 9.89 Å². The summed E-state index contributed by atoms with van der Waals surface area (Å²) >= 11 is 0. The number of amides is 1. The van der Waals surface area contributed by atoms with Gasteiger partial charge in [-0.2, -0.15) is 5.10 Å². The number of carbonyl (C=O) groups is 2. The molecule has 1 rings (SSSR count). The number of carboxylic acids is 1. The standard InChI is InChI=1S/C12H19N3O3/c1-4-7(3)10(12(17)18)13-11(16)9-6-8(5-2)14-15-9/h6-7,10H,4-5H2,1-3H3,(H,13,16)(H,14,15)(H,17,18)/t7-,10-/m0/s1. The van der Waals surface area contributed by atoms with Gasteiger partial charge >= 0.3 is 5.97 Å². The van der Waals surface area contributed by atoms with Crippen molar-refractivity contribution in [1.82, 2.24) is 15.5 Å². The second kappa shape index (κ2) is 6.18. The van der Waals surface area contributed by atoms with Crippen LogP contribution in [0.3, 0.4) is 0 Å². The van der Waals surface area contributed by atoms with Gasteiger partial charge in [-0.1, -0.05) is 27.2 Å². The van der Waals surface area contributed by atoms with E-state index in [1.165, 1.54) is 0 Å². The normalized spacial score (nSPS) is 13.9. The highest BCUT2D eigenvalue weighted by atomic mass is 16.4. The first kappa shape index (κ1) is 14.2. The van der Waals surface area contributed by atoms with Gasteiger partial charge in [-0.15, -0.1) is 0 Å². The fourth-order valence-electron chi connectivity index (χ4n) is 1.56. The minimum atomic E-state index is -1.02. The molecule has 1 aromatic heterocycles. The quantitative estimate of drug-likeness (QED) is 0.710. The molecule has 18 heavy (non-hydrogen) atoms. The van der Waals surface area contributed by atoms with Crippen molar-refractivity contribution in [2.45, 2.75) is 39.7 Å². The number of H-pyrrole nitrogens is 1. The van der Waals surface area contributed by atoms with Gasteiger partial charge in [-0.25, -0.2) is 4.79 Å². The summed E-state index contributed by atoms with van der Waals surface area (Å²) in [6, 6.07) is 0.745. The molecule has 0 bridgehead atoms. The zero-order valence-electron chi connectivity index (χ0n) is 10.9. The SMILES string of the molecule is CCc1cc(C(=O)N[C@H](C(=O)O)[C@@H](C)CC)n[nH]1. The zero-order chi connectivity index (χ0) is 13.7. The smallest absolute Gasteiger partial charge is 0.326 e. The molecule has 0 fully saturated rings. The molecule has 1 heterocycles. The lowest BCUT2D eigenvalue weighted by Crippen LogP contribution is -2.45. The van der Waals surface area contributed by atoms with Gasteiger partial charge in [0.05, 0.1) is 0 Å². The second-order valence-electron chi connectivity index (χ2n) is 4.31. The summed E-state index contributed by atoms with van der Waals surface area (Å²) < 4.78 is 0. The summed E-state index contributed by atoms with van der Waals surface area (Å²) in [5.74, 6) is -1.61. The number of carboxylic acid groups (broad SMARTS) is 1. The van der Waals surface area contributed by atoms with Crippen LogP contribution in [-0.4, -0.2) is 33.2 Å². The van der Waals surface area contributed by atoms with Gasteiger partial charge in [0, 0.05) is 5.69 Å². The minimum Gasteiger partial charge on any atom is -0.480 e. The van der Waals surface area contributed by atoms with Crippen LogP contribution in [0.25, 0.3) is 0 Å². The van der Waals surface area contributed by atoms with Crippen LogP contribution in [0, 0.1) is 5.92 Å². The van der Waals surface area contributed by atoms with Crippen LogP contribution >= 0.6 is 0 Å². The maximum atomic E-state index is 11.9. The molecule has 3 N–H and O–H groups in total. The van der Waals surface area contributed by atoms with Crippen molar-refractivity contribution in [3.63, 3.8) is 0 Å². The van der Waals surface area contributed by atoms with Crippen molar-refractivity contribution in [1.29, 1.82) is 0 Å². The Morgan fingerprint density at radius 3 is 2.61 bits per heavy atom. The van der Waals surface area contributed by atoms with Crippen LogP contribution in [0.1, 0.15) is 43.4 Å². The van der Waals surface area contributed by atoms with Crippen molar-refractivity contribution in [3.05, 3.63) is 17.5 Å². The van der Waals surface area contributed by atoms with Crippen LogP contribution in [0.15, 0.2) is 6.07 Å². The van der Waals surface area contributed by atoms with Gasteiger partial charge in [-0.05, 0) is 18.4 Å². The summed E-state index contributed by atoms with van der Waals surface area (Å²) in [6.07, 6.45) is 1.42. The van der Waals surface area contributed by atoms with E-state index in [1.807, 2.05) is 13.8 Å². The van der Waals surface area contributed by atoms with E-state index in [0.29, 0.717) is 6.42 Å². The molecule has 0 aromatic carbocycles. The summed E-state index contributed by atoms with van der Waals surface area (Å²) in [4.78, 5) is 22.9. The Bertz CT molecular complexity index is 428. The molecule has 6 nitrogen and oxygen atoms in total. The van der Waals surface area contributed by atoms with Crippen LogP contribution in [-0.2, 0) is 11.2 Å². The average Bonchev–Trinajstić information content (AvgIpc) is 2.83. The van der Waals surface area contributed by atoms with E-state index in [4.69, 9.17) is 5.11 Å². The second-order valence-corrected chi connectivity index (χ2v) is 4.31. The van der Waals surface area contributed by atoms with Gasteiger partial charge < -0.3 is 10.4 Å². The Kier molecular flexibility index (Phi) is 4.88. The van der Waals surface area contributed by atoms with Crippen molar-refractivity contribution < 1.29 is 14.7 Å². The molecular formula is C12H19N3O3. The van der Waals surface area contributed by atoms with Crippen molar-refractivity contribution in [2.24, 2.45) is 5.92 Å². The number of rotatable bonds is 6. The van der Waals surface area contributed by atoms with Gasteiger partial charge in [0.1, 0.15) is 11.7 Å². The molecular weight excluding hydrogens is 234 g/mol. The van der Waals surface area contributed by atoms with E-state index in [1.54, 1.807) is 13.0 Å². The number of nitrogens with zero attached hydrogens (tertiary/aromatic N) is 1. The Morgan fingerprint density at radius 2 is 2.17 bits per heavy atom. The molecule has 1 amide bonds. The maximum absolute atomic E-state index is 11.9. The van der Waals surface area contributed by atoms with Crippen LogP contribution < -0.4 is 5.32 Å². The van der Waals surface area contributed by atoms with E-state index in [-0.39, 0.29) is 11.6 Å². The third-order valence-corrected chi connectivity index (χ3v) is 3.01. The molecule has 0 spiro atoms. The number of aromatic nitrogens is 2. The Labute approximate surface area is 106 Å². The van der Waals surface area contributed by atoms with Crippen LogP contribution in [0.5, 0.6) is 0 Å². The third kappa shape index (κ3) is 3.32. The summed E-state index contributed by atoms with van der Waals surface area (Å²) in [5.41, 5.74) is 1.07. The van der Waals surface area contributed by atoms with Crippen molar-refractivity contribution in [3.8, 4) is 0 Å². The first-order valence-electron chi connectivity index (χ1n) is 6.07. The predicted octanol–water partition coefficient (Wildman–Crippen LogP) is 1.20. The highest BCUT2D eigenvalue weighted by Gasteiger charge is 2.26. The van der Waals surface area contributed by atoms with Gasteiger partial charge in [0.25, 0.3) is 5.91 Å². The lowest BCUT2D eigenvalue weighted by atomic mass is 9.99. The Hall–Kier alpha value is -1.85. The first-order valence-corrected chi connectivity index (χ1v) is 6.07. The fourth-order valence-corrected chi connectivity index (χ4v) is 1.56. The van der Waals surface area contributed by atoms with E-state index in [2.05, 4.69) is 15.5 Å². The number of carbonyl (C=O) groups excluding carboxylic acids is 1. The summed E-state index contributed by atoms with van der Waals surface area (Å²) in [6.45, 7) is 5.62. The van der Waals surface area contributed by atoms with Crippen molar-refractivity contribution >= 4 is 11.9 Å². The fraction of sp³-hybridized carbons (Fsp3) is 0.583. The number of aromatic amines is 1. The first-order chi connectivity index (χ1) is 8.49. The van der Waals surface area contributed by atoms with Crippen LogP contribution in [0.2, 0.25) is 0 Å². The van der Waals surface area contributed by atoms with E-state index >= 15 is 0 Å². The minimum absolute atomic E-state index is 0.129. The van der Waals surface area contributed by atoms with Crippen LogP contribution in [0.4, 0.5) is 0 Å². The Balaban J connectivity index is 2.75. The number of aryl methyl sites for hydroxylation is 1. The molecule has 0 saturated heterocycles. The van der Waals surface area contributed by atoms with Gasteiger partial charge in [0.15, 0.2) is 0 Å². The topological polar surface area (TPSA) is 95.1 Å². The third-order valence-electron chi connectivity index (χ3n) is 3.01.